The third-order valence-corrected chi connectivity index (χ3v) is 5.26. The lowest BCUT2D eigenvalue weighted by molar-refractivity contribution is -0.137. The summed E-state index contributed by atoms with van der Waals surface area (Å²) < 4.78 is 5.40. The van der Waals surface area contributed by atoms with Gasteiger partial charge >= 0.3 is 12.1 Å². The van der Waals surface area contributed by atoms with Gasteiger partial charge in [0.15, 0.2) is 0 Å². The molecular formula is C25H26N2O5. The predicted octanol–water partition coefficient (Wildman–Crippen LogP) is 3.29. The number of nitrogens with one attached hydrogen (secondary N) is 2. The Labute approximate surface area is 187 Å². The Balaban J connectivity index is 1.48. The van der Waals surface area contributed by atoms with Crippen molar-refractivity contribution >= 4 is 18.0 Å². The van der Waals surface area contributed by atoms with Gasteiger partial charge in [0, 0.05) is 12.0 Å². The average Bonchev–Trinajstić information content (AvgIpc) is 3.09. The van der Waals surface area contributed by atoms with Gasteiger partial charge in [0.25, 0.3) is 5.91 Å². The predicted molar refractivity (Wildman–Crippen MR) is 120 cm³/mol. The lowest BCUT2D eigenvalue weighted by atomic mass is 9.98. The molecular weight excluding hydrogens is 408 g/mol. The molecule has 3 rings (SSSR count). The van der Waals surface area contributed by atoms with Crippen LogP contribution >= 0.6 is 0 Å². The lowest BCUT2D eigenvalue weighted by Crippen LogP contribution is -2.35. The van der Waals surface area contributed by atoms with Crippen LogP contribution in [0.15, 0.2) is 48.5 Å². The van der Waals surface area contributed by atoms with Crippen molar-refractivity contribution in [2.24, 2.45) is 0 Å². The standard InChI is InChI=1S/C25H26N2O5/c1-2-8-17(15-24(29)30)27-23(28)13-7-14-26-25(31)32-16-22-20-11-5-3-9-18(20)19-10-4-6-12-21(19)22/h3-6,9-12,17,22H,2,8,14-16H2,1H3,(H,26,31)(H,27,28)(H,29,30). The van der Waals surface area contributed by atoms with Gasteiger partial charge in [-0.1, -0.05) is 67.8 Å². The number of carboxylic acids is 1. The highest BCUT2D eigenvalue weighted by Gasteiger charge is 2.28. The maximum Gasteiger partial charge on any atom is 0.407 e. The third-order valence-electron chi connectivity index (χ3n) is 5.26. The Hall–Kier alpha value is -3.79. The van der Waals surface area contributed by atoms with E-state index in [1.807, 2.05) is 43.3 Å². The number of hydrogen-bond acceptors (Lipinski definition) is 4. The van der Waals surface area contributed by atoms with Gasteiger partial charge in [-0.2, -0.15) is 0 Å². The molecule has 32 heavy (non-hydrogen) atoms. The number of fused-ring (bicyclic) bond motifs is 3. The van der Waals surface area contributed by atoms with Crippen molar-refractivity contribution in [1.29, 1.82) is 0 Å². The van der Waals surface area contributed by atoms with E-state index in [0.29, 0.717) is 6.42 Å². The van der Waals surface area contributed by atoms with Gasteiger partial charge in [0.1, 0.15) is 6.61 Å². The maximum absolute atomic E-state index is 12.1. The molecule has 2 aromatic carbocycles. The highest BCUT2D eigenvalue weighted by molar-refractivity contribution is 5.94. The molecule has 7 heteroatoms. The fourth-order valence-corrected chi connectivity index (χ4v) is 3.90. The van der Waals surface area contributed by atoms with Crippen molar-refractivity contribution in [3.05, 3.63) is 59.7 Å². The molecule has 1 aliphatic carbocycles. The topological polar surface area (TPSA) is 105 Å². The Morgan fingerprint density at radius 1 is 1.06 bits per heavy atom. The Morgan fingerprint density at radius 2 is 1.69 bits per heavy atom. The molecule has 2 amide bonds. The first-order valence-electron chi connectivity index (χ1n) is 10.6. The van der Waals surface area contributed by atoms with Crippen LogP contribution in [-0.4, -0.2) is 42.3 Å². The minimum atomic E-state index is -0.978. The summed E-state index contributed by atoms with van der Waals surface area (Å²) in [5.74, 6) is 3.33. The number of amides is 2. The van der Waals surface area contributed by atoms with Crippen molar-refractivity contribution in [2.45, 2.75) is 38.1 Å². The van der Waals surface area contributed by atoms with Crippen molar-refractivity contribution in [1.82, 2.24) is 10.6 Å². The van der Waals surface area contributed by atoms with E-state index in [2.05, 4.69) is 34.6 Å². The number of benzene rings is 2. The zero-order valence-electron chi connectivity index (χ0n) is 17.9. The Kier molecular flexibility index (Phi) is 7.87. The summed E-state index contributed by atoms with van der Waals surface area (Å²) in [5.41, 5.74) is 4.55. The number of carbonyl (C=O) groups is 3. The molecule has 7 nitrogen and oxygen atoms in total. The largest absolute Gasteiger partial charge is 0.481 e. The summed E-state index contributed by atoms with van der Waals surface area (Å²) in [6.07, 6.45) is 0.530. The van der Waals surface area contributed by atoms with Gasteiger partial charge in [-0.25, -0.2) is 4.79 Å². The quantitative estimate of drug-likeness (QED) is 0.553. The first kappa shape index (κ1) is 22.9. The summed E-state index contributed by atoms with van der Waals surface area (Å²) in [6, 6.07) is 15.7. The fraction of sp³-hybridized carbons (Fsp3) is 0.320. The van der Waals surface area contributed by atoms with E-state index in [4.69, 9.17) is 9.84 Å². The minimum absolute atomic E-state index is 0.0326. The molecule has 0 aromatic heterocycles. The van der Waals surface area contributed by atoms with Crippen LogP contribution < -0.4 is 10.6 Å². The molecule has 0 spiro atoms. The summed E-state index contributed by atoms with van der Waals surface area (Å²) in [6.45, 7) is 2.05. The number of carbonyl (C=O) groups excluding carboxylic acids is 2. The summed E-state index contributed by atoms with van der Waals surface area (Å²) in [7, 11) is 0. The summed E-state index contributed by atoms with van der Waals surface area (Å²) >= 11 is 0. The van der Waals surface area contributed by atoms with E-state index in [-0.39, 0.29) is 25.5 Å². The highest BCUT2D eigenvalue weighted by atomic mass is 16.5. The molecule has 0 saturated heterocycles. The molecule has 1 aliphatic rings. The molecule has 2 aromatic rings. The minimum Gasteiger partial charge on any atom is -0.481 e. The van der Waals surface area contributed by atoms with E-state index < -0.39 is 24.0 Å². The normalized spacial score (nSPS) is 12.5. The zero-order valence-corrected chi connectivity index (χ0v) is 17.9. The van der Waals surface area contributed by atoms with Crippen molar-refractivity contribution in [3.63, 3.8) is 0 Å². The molecule has 166 valence electrons. The van der Waals surface area contributed by atoms with Crippen LogP contribution in [0, 0.1) is 11.8 Å². The zero-order chi connectivity index (χ0) is 22.9. The van der Waals surface area contributed by atoms with Gasteiger partial charge in [-0.05, 0) is 34.6 Å². The Bertz CT molecular complexity index is 1010. The molecule has 0 heterocycles. The first-order chi connectivity index (χ1) is 15.5. The van der Waals surface area contributed by atoms with Gasteiger partial charge in [0.05, 0.1) is 13.0 Å². The smallest absolute Gasteiger partial charge is 0.407 e. The van der Waals surface area contributed by atoms with Crippen molar-refractivity contribution in [2.75, 3.05) is 13.2 Å². The van der Waals surface area contributed by atoms with E-state index >= 15 is 0 Å². The summed E-state index contributed by atoms with van der Waals surface area (Å²) in [5, 5.41) is 14.0. The van der Waals surface area contributed by atoms with Crippen LogP contribution in [0.1, 0.15) is 43.2 Å². The van der Waals surface area contributed by atoms with Crippen LogP contribution in [-0.2, 0) is 14.3 Å². The van der Waals surface area contributed by atoms with Crippen molar-refractivity contribution < 1.29 is 24.2 Å². The fourth-order valence-electron chi connectivity index (χ4n) is 3.90. The molecule has 0 aliphatic heterocycles. The van der Waals surface area contributed by atoms with Gasteiger partial charge in [0.2, 0.25) is 0 Å². The second-order valence-electron chi connectivity index (χ2n) is 7.54. The number of hydrogen-bond donors (Lipinski definition) is 3. The number of alkyl carbamates (subject to hydrolysis) is 1. The van der Waals surface area contributed by atoms with E-state index in [0.717, 1.165) is 28.7 Å². The lowest BCUT2D eigenvalue weighted by Gasteiger charge is -2.14. The van der Waals surface area contributed by atoms with Gasteiger partial charge in [-0.15, -0.1) is 0 Å². The van der Waals surface area contributed by atoms with E-state index in [9.17, 15) is 14.4 Å². The molecule has 1 unspecified atom stereocenters. The van der Waals surface area contributed by atoms with Crippen LogP contribution in [0.5, 0.6) is 0 Å². The second-order valence-corrected chi connectivity index (χ2v) is 7.54. The Morgan fingerprint density at radius 3 is 2.28 bits per heavy atom. The van der Waals surface area contributed by atoms with Gasteiger partial charge < -0.3 is 20.5 Å². The average molecular weight is 434 g/mol. The van der Waals surface area contributed by atoms with Gasteiger partial charge in [-0.3, -0.25) is 9.59 Å². The molecule has 1 atom stereocenters. The molecule has 0 radical (unpaired) electrons. The second kappa shape index (κ2) is 11.0. The third kappa shape index (κ3) is 5.88. The maximum atomic E-state index is 12.1. The number of aliphatic carboxylic acids is 1. The first-order valence-corrected chi connectivity index (χ1v) is 10.6. The van der Waals surface area contributed by atoms with Crippen LogP contribution in [0.3, 0.4) is 0 Å². The molecule has 3 N–H and O–H groups in total. The van der Waals surface area contributed by atoms with E-state index in [1.165, 1.54) is 0 Å². The highest BCUT2D eigenvalue weighted by Crippen LogP contribution is 2.44. The molecule has 0 fully saturated rings. The number of rotatable bonds is 8. The number of carboxylic acid groups (broad SMARTS) is 1. The monoisotopic (exact) mass is 434 g/mol. The molecule has 0 bridgehead atoms. The number of ether oxygens (including phenoxy) is 1. The van der Waals surface area contributed by atoms with Crippen LogP contribution in [0.25, 0.3) is 11.1 Å². The summed E-state index contributed by atoms with van der Waals surface area (Å²) in [4.78, 5) is 34.8. The SMILES string of the molecule is CCCC(CC(=O)O)NC(=O)C#CCNC(=O)OCC1c2ccccc2-c2ccccc21. The van der Waals surface area contributed by atoms with E-state index in [1.54, 1.807) is 0 Å². The van der Waals surface area contributed by atoms with Crippen LogP contribution in [0.2, 0.25) is 0 Å². The molecule has 0 saturated carbocycles. The van der Waals surface area contributed by atoms with Crippen molar-refractivity contribution in [3.8, 4) is 23.0 Å². The van der Waals surface area contributed by atoms with Crippen LogP contribution in [0.4, 0.5) is 4.79 Å².